The van der Waals surface area contributed by atoms with Gasteiger partial charge in [0.1, 0.15) is 0 Å². The first-order valence-electron chi connectivity index (χ1n) is 4.41. The zero-order valence-corrected chi connectivity index (χ0v) is 11.3. The van der Waals surface area contributed by atoms with Crippen molar-refractivity contribution in [2.75, 3.05) is 5.33 Å². The lowest BCUT2D eigenvalue weighted by atomic mass is 10.3. The van der Waals surface area contributed by atoms with Crippen LogP contribution >= 0.6 is 31.9 Å². The van der Waals surface area contributed by atoms with Gasteiger partial charge in [0.2, 0.25) is 0 Å². The van der Waals surface area contributed by atoms with E-state index >= 15 is 0 Å². The van der Waals surface area contributed by atoms with Gasteiger partial charge in [-0.2, -0.15) is 0 Å². The number of unbranched alkanes of at least 4 members (excludes halogenated alkanes) is 2. The first kappa shape index (κ1) is 13.2. The molecule has 1 heterocycles. The second-order valence-electron chi connectivity index (χ2n) is 2.70. The lowest BCUT2D eigenvalue weighted by molar-refractivity contribution is 0.781. The molecule has 4 heteroatoms. The molecule has 1 rings (SSSR count). The molecule has 2 nitrogen and oxygen atoms in total. The number of aryl methyl sites for hydroxylation is 1. The van der Waals surface area contributed by atoms with Crippen molar-refractivity contribution < 1.29 is 0 Å². The lowest BCUT2D eigenvalue weighted by Crippen LogP contribution is -1.82. The summed E-state index contributed by atoms with van der Waals surface area (Å²) in [6.07, 6.45) is 7.64. The van der Waals surface area contributed by atoms with Crippen molar-refractivity contribution in [1.82, 2.24) is 9.55 Å². The van der Waals surface area contributed by atoms with Crippen molar-refractivity contribution in [3.05, 3.63) is 17.1 Å². The van der Waals surface area contributed by atoms with Crippen molar-refractivity contribution in [2.24, 2.45) is 7.05 Å². The number of nitrogens with zero attached hydrogens (tertiary/aromatic N) is 2. The Morgan fingerprint density at radius 1 is 1.46 bits per heavy atom. The molecule has 0 N–H and O–H groups in total. The quantitative estimate of drug-likeness (QED) is 0.614. The van der Waals surface area contributed by atoms with E-state index < -0.39 is 0 Å². The van der Waals surface area contributed by atoms with Crippen LogP contribution in [0.25, 0.3) is 0 Å². The number of alkyl halides is 1. The number of aromatic nitrogens is 2. The highest BCUT2D eigenvalue weighted by molar-refractivity contribution is 9.10. The summed E-state index contributed by atoms with van der Waals surface area (Å²) in [6.45, 7) is 2.21. The Morgan fingerprint density at radius 2 is 2.15 bits per heavy atom. The molecule has 0 aliphatic heterocycles. The standard InChI is InChI=1S/C5H11Br.C4H5BrN2/c1-2-3-4-5-6;1-7-3-2-6-4(7)5/h2-5H2,1H3;2-3H,1H3. The molecule has 0 aliphatic rings. The Bertz CT molecular complexity index is 191. The Morgan fingerprint density at radius 3 is 2.31 bits per heavy atom. The van der Waals surface area contributed by atoms with Crippen molar-refractivity contribution >= 4 is 31.9 Å². The summed E-state index contributed by atoms with van der Waals surface area (Å²) < 4.78 is 2.76. The molecule has 0 fully saturated rings. The van der Waals surface area contributed by atoms with E-state index in [4.69, 9.17) is 0 Å². The van der Waals surface area contributed by atoms with Crippen molar-refractivity contribution in [1.29, 1.82) is 0 Å². The average Bonchev–Trinajstić information content (AvgIpc) is 2.49. The minimum atomic E-state index is 0.868. The Labute approximate surface area is 97.0 Å². The summed E-state index contributed by atoms with van der Waals surface area (Å²) in [5.74, 6) is 0. The normalized spacial score (nSPS) is 9.23. The van der Waals surface area contributed by atoms with Crippen LogP contribution in [0.3, 0.4) is 0 Å². The fraction of sp³-hybridized carbons (Fsp3) is 0.667. The van der Waals surface area contributed by atoms with Gasteiger partial charge in [0.15, 0.2) is 4.73 Å². The van der Waals surface area contributed by atoms with Crippen LogP contribution in [0.5, 0.6) is 0 Å². The van der Waals surface area contributed by atoms with Gasteiger partial charge in [-0.25, -0.2) is 4.98 Å². The first-order valence-corrected chi connectivity index (χ1v) is 6.32. The van der Waals surface area contributed by atoms with Gasteiger partial charge in [0, 0.05) is 24.8 Å². The summed E-state index contributed by atoms with van der Waals surface area (Å²) >= 11 is 6.57. The van der Waals surface area contributed by atoms with E-state index in [0.29, 0.717) is 0 Å². The molecular weight excluding hydrogens is 296 g/mol. The van der Waals surface area contributed by atoms with E-state index in [-0.39, 0.29) is 0 Å². The molecule has 76 valence electrons. The van der Waals surface area contributed by atoms with E-state index in [9.17, 15) is 0 Å². The van der Waals surface area contributed by atoms with Gasteiger partial charge in [-0.15, -0.1) is 0 Å². The minimum absolute atomic E-state index is 0.868. The summed E-state index contributed by atoms with van der Waals surface area (Å²) in [7, 11) is 1.93. The van der Waals surface area contributed by atoms with Gasteiger partial charge in [0.05, 0.1) is 0 Å². The second-order valence-corrected chi connectivity index (χ2v) is 4.21. The van der Waals surface area contributed by atoms with Crippen LogP contribution in [0.15, 0.2) is 17.1 Å². The third kappa shape index (κ3) is 7.26. The van der Waals surface area contributed by atoms with Gasteiger partial charge in [-0.3, -0.25) is 0 Å². The number of hydrogen-bond donors (Lipinski definition) is 0. The van der Waals surface area contributed by atoms with Crippen LogP contribution in [0.1, 0.15) is 26.2 Å². The predicted octanol–water partition coefficient (Wildman–Crippen LogP) is 3.75. The number of halogens is 2. The molecule has 0 aromatic carbocycles. The summed E-state index contributed by atoms with van der Waals surface area (Å²) in [4.78, 5) is 3.90. The summed E-state index contributed by atoms with van der Waals surface area (Å²) in [5.41, 5.74) is 0. The molecular formula is C9H16Br2N2. The Hall–Kier alpha value is 0.170. The SMILES string of the molecule is CCCCCBr.Cn1ccnc1Br. The first-order chi connectivity index (χ1) is 6.22. The van der Waals surface area contributed by atoms with Crippen LogP contribution in [-0.4, -0.2) is 14.9 Å². The maximum atomic E-state index is 3.90. The Kier molecular flexibility index (Phi) is 8.87. The lowest BCUT2D eigenvalue weighted by Gasteiger charge is -1.85. The summed E-state index contributed by atoms with van der Waals surface area (Å²) in [6, 6.07) is 0. The van der Waals surface area contributed by atoms with E-state index in [2.05, 4.69) is 43.8 Å². The number of imidazole rings is 1. The maximum Gasteiger partial charge on any atom is 0.176 e. The fourth-order valence-corrected chi connectivity index (χ4v) is 1.32. The number of hydrogen-bond acceptors (Lipinski definition) is 1. The third-order valence-electron chi connectivity index (χ3n) is 1.50. The molecule has 0 bridgehead atoms. The number of rotatable bonds is 3. The van der Waals surface area contributed by atoms with Crippen LogP contribution in [0.4, 0.5) is 0 Å². The minimum Gasteiger partial charge on any atom is -0.329 e. The second kappa shape index (κ2) is 8.75. The molecule has 1 aromatic heterocycles. The van der Waals surface area contributed by atoms with Gasteiger partial charge in [-0.05, 0) is 22.4 Å². The van der Waals surface area contributed by atoms with Gasteiger partial charge in [-0.1, -0.05) is 35.7 Å². The largest absolute Gasteiger partial charge is 0.329 e. The predicted molar refractivity (Wildman–Crippen MR) is 64.2 cm³/mol. The molecule has 0 radical (unpaired) electrons. The topological polar surface area (TPSA) is 17.8 Å². The van der Waals surface area contributed by atoms with Crippen molar-refractivity contribution in [2.45, 2.75) is 26.2 Å². The highest BCUT2D eigenvalue weighted by Crippen LogP contribution is 2.01. The van der Waals surface area contributed by atoms with E-state index in [1.165, 1.54) is 24.6 Å². The molecule has 0 spiro atoms. The highest BCUT2D eigenvalue weighted by Gasteiger charge is 1.86. The monoisotopic (exact) mass is 310 g/mol. The average molecular weight is 312 g/mol. The van der Waals surface area contributed by atoms with Gasteiger partial charge in [0.25, 0.3) is 0 Å². The fourth-order valence-electron chi connectivity index (χ4n) is 0.692. The van der Waals surface area contributed by atoms with Gasteiger partial charge >= 0.3 is 0 Å². The Balaban J connectivity index is 0.000000226. The molecule has 0 saturated heterocycles. The maximum absolute atomic E-state index is 3.90. The molecule has 13 heavy (non-hydrogen) atoms. The van der Waals surface area contributed by atoms with Crippen LogP contribution in [0.2, 0.25) is 0 Å². The van der Waals surface area contributed by atoms with Crippen LogP contribution < -0.4 is 0 Å². The highest BCUT2D eigenvalue weighted by atomic mass is 79.9. The van der Waals surface area contributed by atoms with Crippen molar-refractivity contribution in [3.8, 4) is 0 Å². The third-order valence-corrected chi connectivity index (χ3v) is 2.82. The molecule has 0 atom stereocenters. The summed E-state index contributed by atoms with van der Waals surface area (Å²) in [5, 5.41) is 1.17. The van der Waals surface area contributed by atoms with E-state index in [1.54, 1.807) is 6.20 Å². The van der Waals surface area contributed by atoms with Crippen LogP contribution in [0, 0.1) is 0 Å². The zero-order chi connectivity index (χ0) is 10.1. The molecule has 0 amide bonds. The van der Waals surface area contributed by atoms with Crippen molar-refractivity contribution in [3.63, 3.8) is 0 Å². The van der Waals surface area contributed by atoms with Gasteiger partial charge < -0.3 is 4.57 Å². The zero-order valence-electron chi connectivity index (χ0n) is 8.13. The van der Waals surface area contributed by atoms with Crippen LogP contribution in [-0.2, 0) is 7.05 Å². The molecule has 0 saturated carbocycles. The van der Waals surface area contributed by atoms with E-state index in [1.807, 2.05) is 17.8 Å². The smallest absolute Gasteiger partial charge is 0.176 e. The molecule has 1 aromatic rings. The molecule has 0 aliphatic carbocycles. The van der Waals surface area contributed by atoms with E-state index in [0.717, 1.165) is 4.73 Å². The molecule has 0 unspecified atom stereocenters.